The second-order valence-electron chi connectivity index (χ2n) is 8.58. The minimum Gasteiger partial charge on any atom is -0.395 e. The average Bonchev–Trinajstić information content (AvgIpc) is 3.33. The fraction of sp³-hybridized carbons (Fsp3) is 0.179. The van der Waals surface area contributed by atoms with Crippen LogP contribution in [0, 0.1) is 6.92 Å². The van der Waals surface area contributed by atoms with Gasteiger partial charge in [0.1, 0.15) is 5.65 Å². The van der Waals surface area contributed by atoms with Crippen LogP contribution in [0.1, 0.15) is 11.3 Å². The van der Waals surface area contributed by atoms with Gasteiger partial charge in [-0.2, -0.15) is 0 Å². The number of fused-ring (bicyclic) bond motifs is 1. The Hall–Kier alpha value is -3.87. The molecule has 2 N–H and O–H groups in total. The predicted octanol–water partition coefficient (Wildman–Crippen LogP) is 5.09. The summed E-state index contributed by atoms with van der Waals surface area (Å²) in [5.41, 5.74) is 8.96. The summed E-state index contributed by atoms with van der Waals surface area (Å²) in [6, 6.07) is 20.8. The molecule has 0 unspecified atom stereocenters. The van der Waals surface area contributed by atoms with Crippen LogP contribution < -0.4 is 0 Å². The first kappa shape index (κ1) is 21.9. The Morgan fingerprint density at radius 2 is 1.71 bits per heavy atom. The lowest BCUT2D eigenvalue weighted by Gasteiger charge is -2.15. The highest BCUT2D eigenvalue weighted by Gasteiger charge is 2.13. The summed E-state index contributed by atoms with van der Waals surface area (Å²) >= 11 is 0. The lowest BCUT2D eigenvalue weighted by Crippen LogP contribution is -2.21. The van der Waals surface area contributed by atoms with Crippen molar-refractivity contribution in [2.24, 2.45) is 0 Å². The molecule has 0 aliphatic rings. The lowest BCUT2D eigenvalue weighted by atomic mass is 9.99. The molecule has 6 heteroatoms. The van der Waals surface area contributed by atoms with Crippen LogP contribution in [0.2, 0.25) is 0 Å². The highest BCUT2D eigenvalue weighted by Crippen LogP contribution is 2.33. The van der Waals surface area contributed by atoms with E-state index in [1.54, 1.807) is 0 Å². The first-order valence-corrected chi connectivity index (χ1v) is 11.4. The van der Waals surface area contributed by atoms with Crippen LogP contribution in [-0.2, 0) is 6.54 Å². The summed E-state index contributed by atoms with van der Waals surface area (Å²) in [7, 11) is 2.01. The number of aromatic nitrogens is 4. The third-order valence-electron chi connectivity index (χ3n) is 5.95. The van der Waals surface area contributed by atoms with E-state index >= 15 is 0 Å². The topological polar surface area (TPSA) is 77.9 Å². The second-order valence-corrected chi connectivity index (χ2v) is 8.58. The van der Waals surface area contributed by atoms with E-state index in [9.17, 15) is 0 Å². The summed E-state index contributed by atoms with van der Waals surface area (Å²) in [6.45, 7) is 3.61. The van der Waals surface area contributed by atoms with E-state index in [4.69, 9.17) is 10.1 Å². The van der Waals surface area contributed by atoms with Crippen molar-refractivity contribution < 1.29 is 5.11 Å². The number of likely N-dealkylation sites (N-methyl/N-ethyl adjacent to an activating group) is 1. The molecule has 0 atom stereocenters. The van der Waals surface area contributed by atoms with E-state index in [2.05, 4.69) is 62.3 Å². The van der Waals surface area contributed by atoms with Crippen molar-refractivity contribution in [3.8, 4) is 33.6 Å². The number of hydrogen-bond donors (Lipinski definition) is 2. The quantitative estimate of drug-likeness (QED) is 0.362. The van der Waals surface area contributed by atoms with Crippen LogP contribution in [0.4, 0.5) is 0 Å². The van der Waals surface area contributed by atoms with E-state index in [0.717, 1.165) is 56.9 Å². The van der Waals surface area contributed by atoms with Gasteiger partial charge in [-0.05, 0) is 61.0 Å². The number of pyridine rings is 3. The molecular weight excluding hydrogens is 422 g/mol. The van der Waals surface area contributed by atoms with Gasteiger partial charge >= 0.3 is 0 Å². The van der Waals surface area contributed by atoms with Crippen LogP contribution in [-0.4, -0.2) is 50.1 Å². The molecule has 4 aromatic heterocycles. The van der Waals surface area contributed by atoms with Gasteiger partial charge in [0, 0.05) is 53.9 Å². The monoisotopic (exact) mass is 449 g/mol. The SMILES string of the molecule is Cc1cccc(-c2cc(-c3cncc(-c4ccc(CN(C)CCO)cc4)c3)c3cc[nH]c3n2)n1. The minimum absolute atomic E-state index is 0.165. The normalized spacial score (nSPS) is 11.4. The number of aryl methyl sites for hydroxylation is 1. The molecule has 4 heterocycles. The van der Waals surface area contributed by atoms with E-state index in [-0.39, 0.29) is 6.61 Å². The Balaban J connectivity index is 1.51. The van der Waals surface area contributed by atoms with Gasteiger partial charge in [0.05, 0.1) is 18.0 Å². The van der Waals surface area contributed by atoms with Gasteiger partial charge in [0.25, 0.3) is 0 Å². The predicted molar refractivity (Wildman–Crippen MR) is 136 cm³/mol. The maximum atomic E-state index is 9.12. The maximum absolute atomic E-state index is 9.12. The van der Waals surface area contributed by atoms with Crippen LogP contribution in [0.3, 0.4) is 0 Å². The molecule has 0 aliphatic heterocycles. The molecule has 0 spiro atoms. The van der Waals surface area contributed by atoms with Gasteiger partial charge in [-0.3, -0.25) is 14.9 Å². The van der Waals surface area contributed by atoms with Gasteiger partial charge in [0.15, 0.2) is 0 Å². The first-order valence-electron chi connectivity index (χ1n) is 11.4. The molecule has 0 saturated carbocycles. The highest BCUT2D eigenvalue weighted by molar-refractivity contribution is 5.95. The Labute approximate surface area is 199 Å². The molecule has 0 amide bonds. The van der Waals surface area contributed by atoms with E-state index in [1.165, 1.54) is 5.56 Å². The van der Waals surface area contributed by atoms with Gasteiger partial charge < -0.3 is 10.1 Å². The Bertz CT molecular complexity index is 1420. The van der Waals surface area contributed by atoms with Crippen LogP contribution in [0.25, 0.3) is 44.7 Å². The maximum Gasteiger partial charge on any atom is 0.138 e. The molecule has 5 rings (SSSR count). The van der Waals surface area contributed by atoms with Crippen molar-refractivity contribution in [2.75, 3.05) is 20.2 Å². The molecule has 0 bridgehead atoms. The molecule has 6 nitrogen and oxygen atoms in total. The number of aliphatic hydroxyl groups is 1. The molecule has 1 aromatic carbocycles. The lowest BCUT2D eigenvalue weighted by molar-refractivity contribution is 0.217. The largest absolute Gasteiger partial charge is 0.395 e. The van der Waals surface area contributed by atoms with Crippen molar-refractivity contribution in [1.29, 1.82) is 0 Å². The Morgan fingerprint density at radius 3 is 2.50 bits per heavy atom. The molecule has 5 aromatic rings. The molecule has 0 aliphatic carbocycles. The van der Waals surface area contributed by atoms with Crippen molar-refractivity contribution in [3.05, 3.63) is 90.5 Å². The Morgan fingerprint density at radius 1 is 0.882 bits per heavy atom. The number of hydrogen-bond acceptors (Lipinski definition) is 5. The van der Waals surface area contributed by atoms with Gasteiger partial charge in [-0.25, -0.2) is 4.98 Å². The molecule has 170 valence electrons. The van der Waals surface area contributed by atoms with E-state index in [1.807, 2.05) is 50.8 Å². The van der Waals surface area contributed by atoms with Gasteiger partial charge in [-0.15, -0.1) is 0 Å². The van der Waals surface area contributed by atoms with Crippen molar-refractivity contribution in [3.63, 3.8) is 0 Å². The zero-order valence-electron chi connectivity index (χ0n) is 19.4. The van der Waals surface area contributed by atoms with Gasteiger partial charge in [-0.1, -0.05) is 30.3 Å². The summed E-state index contributed by atoms with van der Waals surface area (Å²) < 4.78 is 0. The highest BCUT2D eigenvalue weighted by atomic mass is 16.3. The number of aromatic amines is 1. The number of benzene rings is 1. The summed E-state index contributed by atoms with van der Waals surface area (Å²) in [4.78, 5) is 19.4. The Kier molecular flexibility index (Phi) is 6.16. The van der Waals surface area contributed by atoms with Crippen molar-refractivity contribution >= 4 is 11.0 Å². The summed E-state index contributed by atoms with van der Waals surface area (Å²) in [5, 5.41) is 10.2. The number of H-pyrrole nitrogens is 1. The minimum atomic E-state index is 0.165. The van der Waals surface area contributed by atoms with Gasteiger partial charge in [0.2, 0.25) is 0 Å². The molecular formula is C28H27N5O. The second kappa shape index (κ2) is 9.55. The number of rotatable bonds is 7. The van der Waals surface area contributed by atoms with E-state index in [0.29, 0.717) is 6.54 Å². The summed E-state index contributed by atoms with van der Waals surface area (Å²) in [6.07, 6.45) is 5.71. The zero-order valence-corrected chi connectivity index (χ0v) is 19.4. The van der Waals surface area contributed by atoms with E-state index < -0.39 is 0 Å². The van der Waals surface area contributed by atoms with Crippen LogP contribution in [0.15, 0.2) is 79.3 Å². The fourth-order valence-corrected chi connectivity index (χ4v) is 4.20. The van der Waals surface area contributed by atoms with Crippen LogP contribution in [0.5, 0.6) is 0 Å². The smallest absolute Gasteiger partial charge is 0.138 e. The average molecular weight is 450 g/mol. The number of aliphatic hydroxyl groups excluding tert-OH is 1. The molecule has 0 radical (unpaired) electrons. The zero-order chi connectivity index (χ0) is 23.5. The molecule has 0 fully saturated rings. The number of nitrogens with one attached hydrogen (secondary N) is 1. The standard InChI is InChI=1S/C28H27N5O/c1-19-4-3-5-26(31-19)27-15-25(24-10-11-30-28(24)32-27)23-14-22(16-29-17-23)21-8-6-20(7-9-21)18-33(2)12-13-34/h3-11,14-17,34H,12-13,18H2,1-2H3,(H,30,32). The third kappa shape index (κ3) is 4.59. The molecule has 0 saturated heterocycles. The fourth-order valence-electron chi connectivity index (χ4n) is 4.20. The van der Waals surface area contributed by atoms with Crippen molar-refractivity contribution in [2.45, 2.75) is 13.5 Å². The number of nitrogens with zero attached hydrogens (tertiary/aromatic N) is 4. The summed E-state index contributed by atoms with van der Waals surface area (Å²) in [5.74, 6) is 0. The third-order valence-corrected chi connectivity index (χ3v) is 5.95. The molecule has 34 heavy (non-hydrogen) atoms. The first-order chi connectivity index (χ1) is 16.6. The van der Waals surface area contributed by atoms with Crippen LogP contribution >= 0.6 is 0 Å². The van der Waals surface area contributed by atoms with Crippen molar-refractivity contribution in [1.82, 2.24) is 24.8 Å².